The molecule has 5 heteroatoms. The summed E-state index contributed by atoms with van der Waals surface area (Å²) in [5.41, 5.74) is 0.718. The number of nitrogens with zero attached hydrogens (tertiary/aromatic N) is 2. The van der Waals surface area contributed by atoms with Gasteiger partial charge >= 0.3 is 0 Å². The summed E-state index contributed by atoms with van der Waals surface area (Å²) in [4.78, 5) is 28.1. The number of rotatable bonds is 2. The largest absolute Gasteiger partial charge is 0.339 e. The van der Waals surface area contributed by atoms with Gasteiger partial charge in [-0.2, -0.15) is 0 Å². The van der Waals surface area contributed by atoms with Gasteiger partial charge in [0, 0.05) is 44.8 Å². The normalized spacial score (nSPS) is 19.6. The third-order valence-corrected chi connectivity index (χ3v) is 4.03. The summed E-state index contributed by atoms with van der Waals surface area (Å²) in [6.45, 7) is 4.13. The van der Waals surface area contributed by atoms with Gasteiger partial charge in [0.15, 0.2) is 0 Å². The lowest BCUT2D eigenvalue weighted by molar-refractivity contribution is -0.138. The molecule has 1 aromatic carbocycles. The topological polar surface area (TPSA) is 52.7 Å². The Kier molecular flexibility index (Phi) is 3.69. The second-order valence-electron chi connectivity index (χ2n) is 5.34. The molecule has 1 N–H and O–H groups in total. The monoisotopic (exact) mass is 273 g/mol. The molecule has 0 unspecified atom stereocenters. The molecule has 0 radical (unpaired) electrons. The van der Waals surface area contributed by atoms with E-state index in [0.29, 0.717) is 26.2 Å². The van der Waals surface area contributed by atoms with Gasteiger partial charge in [-0.25, -0.2) is 0 Å². The van der Waals surface area contributed by atoms with Crippen LogP contribution in [0, 0.1) is 5.92 Å². The quantitative estimate of drug-likeness (QED) is 0.837. The Hall–Kier alpha value is -1.88. The average molecular weight is 273 g/mol. The first kappa shape index (κ1) is 13.1. The number of carbonyl (C=O) groups excluding carboxylic acids is 2. The van der Waals surface area contributed by atoms with Crippen molar-refractivity contribution in [3.8, 4) is 0 Å². The van der Waals surface area contributed by atoms with E-state index in [-0.39, 0.29) is 17.7 Å². The lowest BCUT2D eigenvalue weighted by Gasteiger charge is -2.38. The summed E-state index contributed by atoms with van der Waals surface area (Å²) in [6.07, 6.45) is 0. The maximum Gasteiger partial charge on any atom is 0.253 e. The van der Waals surface area contributed by atoms with E-state index in [1.54, 1.807) is 0 Å². The zero-order chi connectivity index (χ0) is 13.9. The summed E-state index contributed by atoms with van der Waals surface area (Å²) in [6, 6.07) is 9.31. The third kappa shape index (κ3) is 2.54. The number of piperazine rings is 1. The Balaban J connectivity index is 1.55. The molecule has 0 aliphatic carbocycles. The first-order valence-electron chi connectivity index (χ1n) is 7.09. The molecule has 2 aliphatic heterocycles. The van der Waals surface area contributed by atoms with Crippen LogP contribution in [-0.4, -0.2) is 60.9 Å². The summed E-state index contributed by atoms with van der Waals surface area (Å²) in [7, 11) is 0. The zero-order valence-corrected chi connectivity index (χ0v) is 11.4. The van der Waals surface area contributed by atoms with Crippen molar-refractivity contribution in [1.29, 1.82) is 0 Å². The highest BCUT2D eigenvalue weighted by atomic mass is 16.2. The van der Waals surface area contributed by atoms with E-state index in [1.165, 1.54) is 0 Å². The Morgan fingerprint density at radius 3 is 2.10 bits per heavy atom. The van der Waals surface area contributed by atoms with Crippen LogP contribution in [0.3, 0.4) is 0 Å². The number of carbonyl (C=O) groups is 2. The highest BCUT2D eigenvalue weighted by molar-refractivity contribution is 5.94. The fourth-order valence-electron chi connectivity index (χ4n) is 2.61. The van der Waals surface area contributed by atoms with Crippen molar-refractivity contribution in [3.63, 3.8) is 0 Å². The molecule has 2 saturated heterocycles. The van der Waals surface area contributed by atoms with Gasteiger partial charge in [-0.15, -0.1) is 0 Å². The van der Waals surface area contributed by atoms with Crippen LogP contribution in [-0.2, 0) is 4.79 Å². The van der Waals surface area contributed by atoms with Crippen LogP contribution in [0.2, 0.25) is 0 Å². The van der Waals surface area contributed by atoms with E-state index < -0.39 is 0 Å². The van der Waals surface area contributed by atoms with Gasteiger partial charge in [0.2, 0.25) is 5.91 Å². The van der Waals surface area contributed by atoms with Crippen molar-refractivity contribution in [2.75, 3.05) is 39.3 Å². The molecule has 3 rings (SSSR count). The molecule has 20 heavy (non-hydrogen) atoms. The lowest BCUT2D eigenvalue weighted by atomic mass is 10.0. The van der Waals surface area contributed by atoms with E-state index >= 15 is 0 Å². The van der Waals surface area contributed by atoms with E-state index in [0.717, 1.165) is 18.7 Å². The Morgan fingerprint density at radius 1 is 0.950 bits per heavy atom. The molecule has 2 aliphatic rings. The zero-order valence-electron chi connectivity index (χ0n) is 11.4. The van der Waals surface area contributed by atoms with E-state index in [9.17, 15) is 9.59 Å². The second-order valence-corrected chi connectivity index (χ2v) is 5.34. The summed E-state index contributed by atoms with van der Waals surface area (Å²) < 4.78 is 0. The van der Waals surface area contributed by atoms with Gasteiger partial charge in [-0.1, -0.05) is 18.2 Å². The number of nitrogens with one attached hydrogen (secondary N) is 1. The number of hydrogen-bond acceptors (Lipinski definition) is 3. The molecule has 2 fully saturated rings. The fourth-order valence-corrected chi connectivity index (χ4v) is 2.61. The minimum Gasteiger partial charge on any atom is -0.339 e. The first-order valence-corrected chi connectivity index (χ1v) is 7.09. The van der Waals surface area contributed by atoms with Crippen molar-refractivity contribution in [3.05, 3.63) is 35.9 Å². The number of benzene rings is 1. The second kappa shape index (κ2) is 5.63. The van der Waals surface area contributed by atoms with Crippen LogP contribution in [0.15, 0.2) is 30.3 Å². The Bertz CT molecular complexity index is 491. The molecular formula is C15H19N3O2. The summed E-state index contributed by atoms with van der Waals surface area (Å²) in [5, 5.41) is 3.12. The average Bonchev–Trinajstić information content (AvgIpc) is 2.46. The lowest BCUT2D eigenvalue weighted by Crippen LogP contribution is -2.57. The van der Waals surface area contributed by atoms with Gasteiger partial charge in [0.05, 0.1) is 5.92 Å². The van der Waals surface area contributed by atoms with Crippen LogP contribution in [0.5, 0.6) is 0 Å². The molecule has 0 atom stereocenters. The summed E-state index contributed by atoms with van der Waals surface area (Å²) >= 11 is 0. The van der Waals surface area contributed by atoms with Gasteiger partial charge in [-0.05, 0) is 12.1 Å². The van der Waals surface area contributed by atoms with Crippen LogP contribution in [0.25, 0.3) is 0 Å². The van der Waals surface area contributed by atoms with Crippen molar-refractivity contribution in [1.82, 2.24) is 15.1 Å². The van der Waals surface area contributed by atoms with Crippen LogP contribution in [0.4, 0.5) is 0 Å². The molecule has 1 aromatic rings. The molecule has 5 nitrogen and oxygen atoms in total. The maximum atomic E-state index is 12.3. The molecule has 2 heterocycles. The minimum absolute atomic E-state index is 0.0583. The number of amides is 2. The van der Waals surface area contributed by atoms with Gasteiger partial charge in [-0.3, -0.25) is 9.59 Å². The van der Waals surface area contributed by atoms with E-state index in [4.69, 9.17) is 0 Å². The standard InChI is InChI=1S/C15H19N3O2/c19-14(12-4-2-1-3-5-12)17-6-8-18(9-7-17)15(20)13-10-16-11-13/h1-5,13,16H,6-11H2. The van der Waals surface area contributed by atoms with E-state index in [1.807, 2.05) is 40.1 Å². The Morgan fingerprint density at radius 2 is 1.55 bits per heavy atom. The SMILES string of the molecule is O=C(c1ccccc1)N1CCN(C(=O)C2CNC2)CC1. The predicted molar refractivity (Wildman–Crippen MR) is 75.3 cm³/mol. The van der Waals surface area contributed by atoms with Crippen molar-refractivity contribution in [2.45, 2.75) is 0 Å². The molecule has 106 valence electrons. The predicted octanol–water partition coefficient (Wildman–Crippen LogP) is 0.190. The molecular weight excluding hydrogens is 254 g/mol. The maximum absolute atomic E-state index is 12.3. The third-order valence-electron chi connectivity index (χ3n) is 4.03. The van der Waals surface area contributed by atoms with Crippen LogP contribution < -0.4 is 5.32 Å². The molecule has 0 bridgehead atoms. The fraction of sp³-hybridized carbons (Fsp3) is 0.467. The number of hydrogen-bond donors (Lipinski definition) is 1. The van der Waals surface area contributed by atoms with Gasteiger partial charge < -0.3 is 15.1 Å². The highest BCUT2D eigenvalue weighted by Gasteiger charge is 2.31. The van der Waals surface area contributed by atoms with Crippen molar-refractivity contribution < 1.29 is 9.59 Å². The summed E-state index contributed by atoms with van der Waals surface area (Å²) in [5.74, 6) is 0.435. The molecule has 0 saturated carbocycles. The van der Waals surface area contributed by atoms with Crippen molar-refractivity contribution >= 4 is 11.8 Å². The van der Waals surface area contributed by atoms with Crippen LogP contribution in [0.1, 0.15) is 10.4 Å². The molecule has 0 spiro atoms. The minimum atomic E-state index is 0.0583. The highest BCUT2D eigenvalue weighted by Crippen LogP contribution is 2.13. The first-order chi connectivity index (χ1) is 9.75. The van der Waals surface area contributed by atoms with Crippen molar-refractivity contribution in [2.24, 2.45) is 5.92 Å². The van der Waals surface area contributed by atoms with Crippen LogP contribution >= 0.6 is 0 Å². The molecule has 2 amide bonds. The molecule has 0 aromatic heterocycles. The van der Waals surface area contributed by atoms with Gasteiger partial charge in [0.25, 0.3) is 5.91 Å². The Labute approximate surface area is 118 Å². The smallest absolute Gasteiger partial charge is 0.253 e. The van der Waals surface area contributed by atoms with E-state index in [2.05, 4.69) is 5.32 Å². The van der Waals surface area contributed by atoms with Gasteiger partial charge in [0.1, 0.15) is 0 Å².